The smallest absolute Gasteiger partial charge is 0.309 e. The Hall–Kier alpha value is -2.60. The van der Waals surface area contributed by atoms with E-state index in [-0.39, 0.29) is 25.1 Å². The number of carbonyl (C=O) groups excluding carboxylic acids is 1. The number of esters is 1. The lowest BCUT2D eigenvalue weighted by Gasteiger charge is -2.11. The summed E-state index contributed by atoms with van der Waals surface area (Å²) >= 11 is 1.54. The highest BCUT2D eigenvalue weighted by molar-refractivity contribution is 7.18. The zero-order valence-corrected chi connectivity index (χ0v) is 14.9. The molecule has 0 aliphatic carbocycles. The molecule has 130 valence electrons. The molecule has 0 aliphatic heterocycles. The van der Waals surface area contributed by atoms with Crippen LogP contribution in [-0.4, -0.2) is 24.7 Å². The summed E-state index contributed by atoms with van der Waals surface area (Å²) < 4.78 is 17.2. The van der Waals surface area contributed by atoms with Crippen molar-refractivity contribution >= 4 is 27.5 Å². The number of aromatic nitrogens is 1. The van der Waals surface area contributed by atoms with Crippen molar-refractivity contribution in [3.05, 3.63) is 53.5 Å². The van der Waals surface area contributed by atoms with Crippen LogP contribution in [0.15, 0.2) is 48.5 Å². The molecule has 1 atom stereocenters. The summed E-state index contributed by atoms with van der Waals surface area (Å²) in [6.07, 6.45) is -0.188. The fraction of sp³-hybridized carbons (Fsp3) is 0.263. The van der Waals surface area contributed by atoms with Crippen molar-refractivity contribution in [1.29, 1.82) is 0 Å². The predicted molar refractivity (Wildman–Crippen MR) is 97.2 cm³/mol. The summed E-state index contributed by atoms with van der Waals surface area (Å²) in [6, 6.07) is 15.1. The molecule has 3 rings (SSSR count). The number of fused-ring (bicyclic) bond motifs is 1. The van der Waals surface area contributed by atoms with E-state index in [1.165, 1.54) is 0 Å². The zero-order valence-electron chi connectivity index (χ0n) is 14.1. The number of rotatable bonds is 7. The van der Waals surface area contributed by atoms with Gasteiger partial charge in [-0.05, 0) is 43.3 Å². The Bertz CT molecular complexity index is 811. The molecule has 0 bridgehead atoms. The second-order valence-corrected chi connectivity index (χ2v) is 6.49. The molecule has 0 radical (unpaired) electrons. The van der Waals surface area contributed by atoms with E-state index in [0.717, 1.165) is 21.0 Å². The van der Waals surface area contributed by atoms with E-state index in [1.54, 1.807) is 30.6 Å². The molecule has 0 spiro atoms. The maximum atomic E-state index is 12.0. The number of carbonyl (C=O) groups is 1. The van der Waals surface area contributed by atoms with Gasteiger partial charge in [-0.3, -0.25) is 4.79 Å². The lowest BCUT2D eigenvalue weighted by Crippen LogP contribution is -2.12. The Morgan fingerprint density at radius 3 is 2.56 bits per heavy atom. The zero-order chi connectivity index (χ0) is 17.6. The number of para-hydroxylation sites is 1. The van der Waals surface area contributed by atoms with Crippen LogP contribution < -0.4 is 9.47 Å². The van der Waals surface area contributed by atoms with Gasteiger partial charge in [0.1, 0.15) is 16.5 Å². The Morgan fingerprint density at radius 2 is 1.84 bits per heavy atom. The van der Waals surface area contributed by atoms with Crippen molar-refractivity contribution in [2.45, 2.75) is 19.4 Å². The van der Waals surface area contributed by atoms with E-state index < -0.39 is 0 Å². The normalized spacial score (nSPS) is 11.9. The topological polar surface area (TPSA) is 57.7 Å². The first-order chi connectivity index (χ1) is 12.2. The molecule has 1 aromatic heterocycles. The van der Waals surface area contributed by atoms with Gasteiger partial charge in [0.2, 0.25) is 0 Å². The Morgan fingerprint density at radius 1 is 1.12 bits per heavy atom. The summed E-state index contributed by atoms with van der Waals surface area (Å²) in [7, 11) is 1.61. The maximum Gasteiger partial charge on any atom is 0.309 e. The molecule has 25 heavy (non-hydrogen) atoms. The van der Waals surface area contributed by atoms with Crippen LogP contribution >= 0.6 is 11.3 Å². The molecule has 5 nitrogen and oxygen atoms in total. The number of ether oxygens (including phenoxy) is 3. The Labute approximate surface area is 150 Å². The monoisotopic (exact) mass is 357 g/mol. The van der Waals surface area contributed by atoms with Gasteiger partial charge in [-0.1, -0.05) is 12.1 Å². The lowest BCUT2D eigenvalue weighted by atomic mass is 10.3. The second kappa shape index (κ2) is 7.98. The summed E-state index contributed by atoms with van der Waals surface area (Å²) in [5.74, 6) is 1.14. The maximum absolute atomic E-state index is 12.0. The summed E-state index contributed by atoms with van der Waals surface area (Å²) in [4.78, 5) is 16.5. The third kappa shape index (κ3) is 4.48. The number of nitrogens with zero attached hydrogens (tertiary/aromatic N) is 1. The molecule has 3 aromatic rings. The van der Waals surface area contributed by atoms with E-state index in [0.29, 0.717) is 5.75 Å². The highest BCUT2D eigenvalue weighted by Gasteiger charge is 2.16. The molecule has 0 aliphatic rings. The van der Waals surface area contributed by atoms with Crippen molar-refractivity contribution in [3.63, 3.8) is 0 Å². The van der Waals surface area contributed by atoms with E-state index in [2.05, 4.69) is 4.98 Å². The van der Waals surface area contributed by atoms with Crippen molar-refractivity contribution in [2.24, 2.45) is 0 Å². The summed E-state index contributed by atoms with van der Waals surface area (Å²) in [5, 5.41) is 0.797. The number of methoxy groups -OCH3 is 1. The SMILES string of the molecule is COc1ccc(OCCC(=O)OC(C)c2nc3ccccc3s2)cc1. The first-order valence-corrected chi connectivity index (χ1v) is 8.79. The van der Waals surface area contributed by atoms with Crippen molar-refractivity contribution < 1.29 is 19.0 Å². The lowest BCUT2D eigenvalue weighted by molar-refractivity contribution is -0.149. The first-order valence-electron chi connectivity index (χ1n) is 7.97. The molecule has 0 saturated heterocycles. The second-order valence-electron chi connectivity index (χ2n) is 5.43. The van der Waals surface area contributed by atoms with Gasteiger partial charge < -0.3 is 14.2 Å². The van der Waals surface area contributed by atoms with E-state index in [9.17, 15) is 4.79 Å². The van der Waals surface area contributed by atoms with Crippen LogP contribution in [-0.2, 0) is 9.53 Å². The van der Waals surface area contributed by atoms with Gasteiger partial charge in [0.05, 0.1) is 30.4 Å². The van der Waals surface area contributed by atoms with Crippen molar-refractivity contribution in [1.82, 2.24) is 4.98 Å². The number of hydrogen-bond acceptors (Lipinski definition) is 6. The average Bonchev–Trinajstić information content (AvgIpc) is 3.06. The Kier molecular flexibility index (Phi) is 5.50. The van der Waals surface area contributed by atoms with Gasteiger partial charge in [0, 0.05) is 0 Å². The highest BCUT2D eigenvalue weighted by atomic mass is 32.1. The third-order valence-corrected chi connectivity index (χ3v) is 4.80. The standard InChI is InChI=1S/C19H19NO4S/c1-13(19-20-16-5-3-4-6-17(16)25-19)24-18(21)11-12-23-15-9-7-14(22-2)8-10-15/h3-10,13H,11-12H2,1-2H3. The van der Waals surface area contributed by atoms with Crippen LogP contribution in [0.5, 0.6) is 11.5 Å². The Balaban J connectivity index is 1.48. The minimum atomic E-state index is -0.370. The molecule has 1 heterocycles. The van der Waals surface area contributed by atoms with Crippen molar-refractivity contribution in [3.8, 4) is 11.5 Å². The number of benzene rings is 2. The van der Waals surface area contributed by atoms with Gasteiger partial charge >= 0.3 is 5.97 Å². The van der Waals surface area contributed by atoms with Crippen LogP contribution in [0.3, 0.4) is 0 Å². The van der Waals surface area contributed by atoms with Crippen LogP contribution in [0.2, 0.25) is 0 Å². The van der Waals surface area contributed by atoms with Gasteiger partial charge in [-0.15, -0.1) is 11.3 Å². The fourth-order valence-corrected chi connectivity index (χ4v) is 3.24. The molecule has 0 N–H and O–H groups in total. The number of thiazole rings is 1. The molecule has 6 heteroatoms. The van der Waals surface area contributed by atoms with Crippen LogP contribution in [0, 0.1) is 0 Å². The van der Waals surface area contributed by atoms with Crippen molar-refractivity contribution in [2.75, 3.05) is 13.7 Å². The minimum absolute atomic E-state index is 0.182. The highest BCUT2D eigenvalue weighted by Crippen LogP contribution is 2.28. The van der Waals surface area contributed by atoms with Gasteiger partial charge in [-0.25, -0.2) is 4.98 Å². The predicted octanol–water partition coefficient (Wildman–Crippen LogP) is 4.38. The molecular formula is C19H19NO4S. The molecule has 0 fully saturated rings. The average molecular weight is 357 g/mol. The molecule has 0 amide bonds. The van der Waals surface area contributed by atoms with Gasteiger partial charge in [0.15, 0.2) is 6.10 Å². The molecular weight excluding hydrogens is 338 g/mol. The van der Waals surface area contributed by atoms with Crippen LogP contribution in [0.4, 0.5) is 0 Å². The van der Waals surface area contributed by atoms with E-state index in [1.807, 2.05) is 43.3 Å². The largest absolute Gasteiger partial charge is 0.497 e. The first kappa shape index (κ1) is 17.2. The van der Waals surface area contributed by atoms with Gasteiger partial charge in [-0.2, -0.15) is 0 Å². The van der Waals surface area contributed by atoms with Crippen LogP contribution in [0.1, 0.15) is 24.5 Å². The third-order valence-electron chi connectivity index (χ3n) is 3.60. The van der Waals surface area contributed by atoms with Crippen LogP contribution in [0.25, 0.3) is 10.2 Å². The number of hydrogen-bond donors (Lipinski definition) is 0. The van der Waals surface area contributed by atoms with E-state index in [4.69, 9.17) is 14.2 Å². The molecule has 2 aromatic carbocycles. The minimum Gasteiger partial charge on any atom is -0.497 e. The fourth-order valence-electron chi connectivity index (χ4n) is 2.29. The molecule has 1 unspecified atom stereocenters. The quantitative estimate of drug-likeness (QED) is 0.587. The molecule has 0 saturated carbocycles. The van der Waals surface area contributed by atoms with E-state index >= 15 is 0 Å². The summed E-state index contributed by atoms with van der Waals surface area (Å²) in [5.41, 5.74) is 0.924. The van der Waals surface area contributed by atoms with Gasteiger partial charge in [0.25, 0.3) is 0 Å². The summed E-state index contributed by atoms with van der Waals surface area (Å²) in [6.45, 7) is 2.09.